The molecule has 1 aromatic carbocycles. The molecular weight excluding hydrogens is 187 g/mol. The van der Waals surface area contributed by atoms with Gasteiger partial charge in [-0.1, -0.05) is 31.2 Å². The zero-order valence-electron chi connectivity index (χ0n) is 9.12. The van der Waals surface area contributed by atoms with Crippen molar-refractivity contribution in [1.82, 2.24) is 0 Å². The maximum Gasteiger partial charge on any atom is 0.123 e. The fraction of sp³-hybridized carbons (Fsp3) is 0.429. The van der Waals surface area contributed by atoms with E-state index in [0.29, 0.717) is 11.8 Å². The van der Waals surface area contributed by atoms with E-state index in [4.69, 9.17) is 0 Å². The molecule has 1 aromatic rings. The van der Waals surface area contributed by atoms with E-state index in [-0.39, 0.29) is 5.82 Å². The number of benzene rings is 1. The average Bonchev–Trinajstić information content (AvgIpc) is 2.30. The van der Waals surface area contributed by atoms with Gasteiger partial charge in [-0.25, -0.2) is 4.39 Å². The Kier molecular flexibility index (Phi) is 3.20. The van der Waals surface area contributed by atoms with Gasteiger partial charge in [-0.15, -0.1) is 0 Å². The molecule has 80 valence electrons. The number of rotatable bonds is 2. The molecule has 0 nitrogen and oxygen atoms in total. The lowest BCUT2D eigenvalue weighted by molar-refractivity contribution is 0.469. The summed E-state index contributed by atoms with van der Waals surface area (Å²) in [7, 11) is 0. The van der Waals surface area contributed by atoms with E-state index in [1.54, 1.807) is 12.1 Å². The Hall–Kier alpha value is -1.11. The Bertz CT molecular complexity index is 337. The molecule has 2 atom stereocenters. The fourth-order valence-electron chi connectivity index (χ4n) is 2.27. The SMILES string of the molecule is CC(c1ccc(F)cc1)C1C=CCCC1. The molecule has 0 bridgehead atoms. The minimum absolute atomic E-state index is 0.148. The Morgan fingerprint density at radius 2 is 2.00 bits per heavy atom. The van der Waals surface area contributed by atoms with Crippen molar-refractivity contribution in [2.75, 3.05) is 0 Å². The van der Waals surface area contributed by atoms with Crippen LogP contribution in [0.15, 0.2) is 36.4 Å². The Morgan fingerprint density at radius 1 is 1.27 bits per heavy atom. The van der Waals surface area contributed by atoms with Crippen molar-refractivity contribution in [3.05, 3.63) is 47.8 Å². The van der Waals surface area contributed by atoms with Crippen LogP contribution in [-0.2, 0) is 0 Å². The zero-order valence-corrected chi connectivity index (χ0v) is 9.12. The monoisotopic (exact) mass is 204 g/mol. The summed E-state index contributed by atoms with van der Waals surface area (Å²) >= 11 is 0. The van der Waals surface area contributed by atoms with E-state index >= 15 is 0 Å². The van der Waals surface area contributed by atoms with Gasteiger partial charge in [0.25, 0.3) is 0 Å². The lowest BCUT2D eigenvalue weighted by Crippen LogP contribution is -2.10. The lowest BCUT2D eigenvalue weighted by Gasteiger charge is -2.23. The molecule has 1 heteroatoms. The van der Waals surface area contributed by atoms with Gasteiger partial charge in [-0.3, -0.25) is 0 Å². The van der Waals surface area contributed by atoms with Crippen LogP contribution in [0, 0.1) is 11.7 Å². The second-order valence-electron chi connectivity index (χ2n) is 4.36. The van der Waals surface area contributed by atoms with Crippen molar-refractivity contribution in [3.8, 4) is 0 Å². The molecule has 2 unspecified atom stereocenters. The van der Waals surface area contributed by atoms with Crippen molar-refractivity contribution in [2.24, 2.45) is 5.92 Å². The van der Waals surface area contributed by atoms with Gasteiger partial charge in [-0.05, 0) is 48.8 Å². The summed E-state index contributed by atoms with van der Waals surface area (Å²) in [5.74, 6) is 0.983. The van der Waals surface area contributed by atoms with Crippen LogP contribution in [0.1, 0.15) is 37.7 Å². The van der Waals surface area contributed by atoms with Gasteiger partial charge in [0.1, 0.15) is 5.82 Å². The maximum atomic E-state index is 12.8. The first-order valence-electron chi connectivity index (χ1n) is 5.69. The van der Waals surface area contributed by atoms with E-state index in [0.717, 1.165) is 0 Å². The van der Waals surface area contributed by atoms with E-state index in [1.165, 1.54) is 24.8 Å². The molecule has 0 spiro atoms. The third-order valence-corrected chi connectivity index (χ3v) is 3.33. The average molecular weight is 204 g/mol. The summed E-state index contributed by atoms with van der Waals surface area (Å²) in [6, 6.07) is 6.92. The topological polar surface area (TPSA) is 0 Å². The quantitative estimate of drug-likeness (QED) is 0.630. The molecule has 0 radical (unpaired) electrons. The summed E-state index contributed by atoms with van der Waals surface area (Å²) in [5, 5.41) is 0. The van der Waals surface area contributed by atoms with Crippen LogP contribution >= 0.6 is 0 Å². The van der Waals surface area contributed by atoms with Crippen LogP contribution < -0.4 is 0 Å². The summed E-state index contributed by atoms with van der Waals surface area (Å²) in [5.41, 5.74) is 1.24. The van der Waals surface area contributed by atoms with Gasteiger partial charge in [0, 0.05) is 0 Å². The third-order valence-electron chi connectivity index (χ3n) is 3.33. The van der Waals surface area contributed by atoms with Crippen molar-refractivity contribution in [1.29, 1.82) is 0 Å². The van der Waals surface area contributed by atoms with Gasteiger partial charge in [0.15, 0.2) is 0 Å². The van der Waals surface area contributed by atoms with Crippen LogP contribution in [0.4, 0.5) is 4.39 Å². The first-order chi connectivity index (χ1) is 7.27. The van der Waals surface area contributed by atoms with Gasteiger partial charge in [0.05, 0.1) is 0 Å². The molecular formula is C14H17F. The predicted octanol–water partition coefficient (Wildman–Crippen LogP) is 4.29. The first kappa shape index (κ1) is 10.4. The van der Waals surface area contributed by atoms with Crippen LogP contribution in [0.25, 0.3) is 0 Å². The number of allylic oxidation sites excluding steroid dienone is 2. The van der Waals surface area contributed by atoms with Gasteiger partial charge in [-0.2, -0.15) is 0 Å². The second-order valence-corrected chi connectivity index (χ2v) is 4.36. The molecule has 1 aliphatic carbocycles. The molecule has 0 saturated heterocycles. The fourth-order valence-corrected chi connectivity index (χ4v) is 2.27. The smallest absolute Gasteiger partial charge is 0.123 e. The van der Waals surface area contributed by atoms with E-state index in [9.17, 15) is 4.39 Å². The zero-order chi connectivity index (χ0) is 10.7. The second kappa shape index (κ2) is 4.61. The van der Waals surface area contributed by atoms with Gasteiger partial charge in [0.2, 0.25) is 0 Å². The lowest BCUT2D eigenvalue weighted by atomic mass is 9.82. The molecule has 0 N–H and O–H groups in total. The first-order valence-corrected chi connectivity index (χ1v) is 5.69. The van der Waals surface area contributed by atoms with Crippen molar-refractivity contribution in [3.63, 3.8) is 0 Å². The molecule has 0 amide bonds. The minimum Gasteiger partial charge on any atom is -0.207 e. The van der Waals surface area contributed by atoms with Crippen molar-refractivity contribution in [2.45, 2.75) is 32.1 Å². The number of hydrogen-bond acceptors (Lipinski definition) is 0. The van der Waals surface area contributed by atoms with Crippen LogP contribution in [-0.4, -0.2) is 0 Å². The number of halogens is 1. The maximum absolute atomic E-state index is 12.8. The minimum atomic E-state index is -0.148. The molecule has 1 aliphatic rings. The van der Waals surface area contributed by atoms with E-state index < -0.39 is 0 Å². The summed E-state index contributed by atoms with van der Waals surface area (Å²) in [6.45, 7) is 2.23. The van der Waals surface area contributed by atoms with Gasteiger partial charge < -0.3 is 0 Å². The van der Waals surface area contributed by atoms with E-state index in [2.05, 4.69) is 19.1 Å². The van der Waals surface area contributed by atoms with Gasteiger partial charge >= 0.3 is 0 Å². The molecule has 0 heterocycles. The highest BCUT2D eigenvalue weighted by atomic mass is 19.1. The van der Waals surface area contributed by atoms with E-state index in [1.807, 2.05) is 12.1 Å². The number of hydrogen-bond donors (Lipinski definition) is 0. The Labute approximate surface area is 90.8 Å². The summed E-state index contributed by atoms with van der Waals surface area (Å²) in [4.78, 5) is 0. The Morgan fingerprint density at radius 3 is 2.60 bits per heavy atom. The Balaban J connectivity index is 2.12. The highest BCUT2D eigenvalue weighted by Gasteiger charge is 2.17. The molecule has 0 fully saturated rings. The van der Waals surface area contributed by atoms with Crippen molar-refractivity contribution >= 4 is 0 Å². The standard InChI is InChI=1S/C14H17F/c1-11(12-5-3-2-4-6-12)13-7-9-14(15)10-8-13/h3,5,7-12H,2,4,6H2,1H3. The highest BCUT2D eigenvalue weighted by Crippen LogP contribution is 2.31. The predicted molar refractivity (Wildman–Crippen MR) is 61.3 cm³/mol. The summed E-state index contributed by atoms with van der Waals surface area (Å²) in [6.07, 6.45) is 8.35. The largest absolute Gasteiger partial charge is 0.207 e. The normalized spacial score (nSPS) is 22.7. The highest BCUT2D eigenvalue weighted by molar-refractivity contribution is 5.22. The molecule has 0 aromatic heterocycles. The molecule has 0 aliphatic heterocycles. The van der Waals surface area contributed by atoms with Crippen molar-refractivity contribution < 1.29 is 4.39 Å². The summed E-state index contributed by atoms with van der Waals surface area (Å²) < 4.78 is 12.8. The molecule has 2 rings (SSSR count). The van der Waals surface area contributed by atoms with Crippen LogP contribution in [0.2, 0.25) is 0 Å². The van der Waals surface area contributed by atoms with Crippen LogP contribution in [0.5, 0.6) is 0 Å². The third kappa shape index (κ3) is 2.47. The van der Waals surface area contributed by atoms with Crippen LogP contribution in [0.3, 0.4) is 0 Å². The molecule has 15 heavy (non-hydrogen) atoms. The molecule has 0 saturated carbocycles.